The van der Waals surface area contributed by atoms with Gasteiger partial charge in [-0.1, -0.05) is 27.7 Å². The number of nitrogens with one attached hydrogen (secondary N) is 10. The van der Waals surface area contributed by atoms with E-state index in [1.54, 1.807) is 27.7 Å². The highest BCUT2D eigenvalue weighted by Crippen LogP contribution is 2.44. The summed E-state index contributed by atoms with van der Waals surface area (Å²) in [5.41, 5.74) is 6.04. The summed E-state index contributed by atoms with van der Waals surface area (Å²) in [7, 11) is 0. The number of hydrogen-bond donors (Lipinski definition) is 14. The summed E-state index contributed by atoms with van der Waals surface area (Å²) in [5, 5.41) is 43.2. The molecule has 0 unspecified atom stereocenters. The van der Waals surface area contributed by atoms with Crippen LogP contribution < -0.4 is 74.1 Å². The number of benzene rings is 2. The van der Waals surface area contributed by atoms with Crippen molar-refractivity contribution < 1.29 is 113 Å². The van der Waals surface area contributed by atoms with Crippen LogP contribution >= 0.6 is 0 Å². The molecule has 484 valence electrons. The van der Waals surface area contributed by atoms with Crippen LogP contribution in [0.2, 0.25) is 0 Å². The van der Waals surface area contributed by atoms with Crippen molar-refractivity contribution >= 4 is 94.1 Å². The molecule has 0 aromatic heterocycles. The lowest BCUT2D eigenvalue weighted by Crippen LogP contribution is -2.56. The van der Waals surface area contributed by atoms with Crippen LogP contribution in [0.4, 0.5) is 37.7 Å². The molecule has 0 radical (unpaired) electrons. The van der Waals surface area contributed by atoms with Crippen molar-refractivity contribution in [3.05, 3.63) is 46.5 Å². The van der Waals surface area contributed by atoms with E-state index >= 15 is 0 Å². The minimum Gasteiger partial charge on any atom is -0.481 e. The molecule has 0 aliphatic heterocycles. The largest absolute Gasteiger partial charge is 0.491 e. The molecule has 0 saturated carbocycles. The number of rotatable bonds is 34. The fraction of sp³-hybridized carbons (Fsp3) is 0.500. The second-order valence-corrected chi connectivity index (χ2v) is 20.4. The maximum absolute atomic E-state index is 14.6. The molecule has 0 heterocycles. The van der Waals surface area contributed by atoms with Crippen LogP contribution in [-0.4, -0.2) is 181 Å². The summed E-state index contributed by atoms with van der Waals surface area (Å²) in [6, 6.07) is -5.50. The van der Waals surface area contributed by atoms with Crippen molar-refractivity contribution in [3.63, 3.8) is 0 Å². The molecule has 3 rings (SSSR count). The molecule has 8 amide bonds. The van der Waals surface area contributed by atoms with Gasteiger partial charge in [0.25, 0.3) is 0 Å². The standard InChI is InChI=1S/C52H66F6N12O18/c1-21(2)15-27(43(59)79)69-45(81)23(5)65-47(83)29(17-35(73)74)67-33(71)19-61-11-13-63-25-7-8-26(38-37(25)41(77)39-31(87-49(85)51(53,54)55)9-10-32(40(39)42(38)78)88-50(86)52(56,57)58)64-14-12-62-20-34(72)68-30(18-36(75)76)48(84)66-24(6)46(82)70-28(44(60)80)16-22(3)4/h7-10,21-24,27-30,61-64H,11-20H2,1-6H3,(H2,59,79)(H2,60,80)(H,65,83)(H,66,84)(H,67,71)(H,68,72)(H,69,81)(H,70,82)(H,73,74)(H,75,76)/t23-,24-,27-,28-,29-,30-/m0/s1. The van der Waals surface area contributed by atoms with Gasteiger partial charge >= 0.3 is 36.2 Å². The molecule has 1 aliphatic carbocycles. The van der Waals surface area contributed by atoms with Gasteiger partial charge in [0.1, 0.15) is 47.8 Å². The van der Waals surface area contributed by atoms with E-state index < -0.39 is 191 Å². The number of hydrogen-bond acceptors (Lipinski definition) is 20. The van der Waals surface area contributed by atoms with Gasteiger partial charge in [-0.2, -0.15) is 26.3 Å². The van der Waals surface area contributed by atoms with E-state index in [0.29, 0.717) is 12.1 Å². The molecule has 30 nitrogen and oxygen atoms in total. The van der Waals surface area contributed by atoms with Crippen LogP contribution in [0.15, 0.2) is 24.3 Å². The number of alkyl halides is 6. The number of ether oxygens (including phenoxy) is 2. The van der Waals surface area contributed by atoms with Gasteiger partial charge in [0.15, 0.2) is 0 Å². The van der Waals surface area contributed by atoms with Crippen LogP contribution in [0.25, 0.3) is 0 Å². The van der Waals surface area contributed by atoms with E-state index in [2.05, 4.69) is 62.6 Å². The first-order valence-electron chi connectivity index (χ1n) is 26.6. The quantitative estimate of drug-likeness (QED) is 0.0138. The molecular weight excluding hydrogens is 1190 g/mol. The summed E-state index contributed by atoms with van der Waals surface area (Å²) in [5.74, 6) is -22.4. The van der Waals surface area contributed by atoms with Gasteiger partial charge in [0, 0.05) is 37.6 Å². The van der Waals surface area contributed by atoms with Crippen molar-refractivity contribution in [2.45, 2.75) is 116 Å². The van der Waals surface area contributed by atoms with E-state index in [4.69, 9.17) is 11.5 Å². The van der Waals surface area contributed by atoms with E-state index in [-0.39, 0.29) is 62.2 Å². The average Bonchev–Trinajstić information content (AvgIpc) is 3.15. The summed E-state index contributed by atoms with van der Waals surface area (Å²) in [4.78, 5) is 178. The number of amides is 8. The van der Waals surface area contributed by atoms with Crippen LogP contribution in [0, 0.1) is 11.8 Å². The number of nitrogens with two attached hydrogens (primary N) is 2. The van der Waals surface area contributed by atoms with E-state index in [1.807, 2.05) is 0 Å². The third-order valence-corrected chi connectivity index (χ3v) is 12.2. The van der Waals surface area contributed by atoms with Crippen molar-refractivity contribution in [2.75, 3.05) is 49.9 Å². The van der Waals surface area contributed by atoms with E-state index in [0.717, 1.165) is 12.1 Å². The fourth-order valence-electron chi connectivity index (χ4n) is 8.14. The molecular formula is C52H66F6N12O18. The smallest absolute Gasteiger partial charge is 0.481 e. The number of primary amides is 2. The predicted molar refractivity (Wildman–Crippen MR) is 291 cm³/mol. The third-order valence-electron chi connectivity index (χ3n) is 12.2. The lowest BCUT2D eigenvalue weighted by Gasteiger charge is -2.26. The molecule has 1 aliphatic rings. The summed E-state index contributed by atoms with van der Waals surface area (Å²) in [6.07, 6.45) is -13.1. The highest BCUT2D eigenvalue weighted by Gasteiger charge is 2.47. The molecule has 0 fully saturated rings. The summed E-state index contributed by atoms with van der Waals surface area (Å²) in [6.45, 7) is 6.92. The Morgan fingerprint density at radius 3 is 1.08 bits per heavy atom. The Bertz CT molecular complexity index is 2840. The van der Waals surface area contributed by atoms with Crippen LogP contribution in [0.5, 0.6) is 11.5 Å². The maximum atomic E-state index is 14.6. The first-order chi connectivity index (χ1) is 40.8. The van der Waals surface area contributed by atoms with E-state index in [1.165, 1.54) is 13.8 Å². The number of carbonyl (C=O) groups is 14. The number of anilines is 2. The lowest BCUT2D eigenvalue weighted by atomic mass is 9.81. The number of esters is 2. The number of carboxylic acid groups (broad SMARTS) is 2. The molecule has 2 aromatic rings. The van der Waals surface area contributed by atoms with Crippen molar-refractivity contribution in [2.24, 2.45) is 23.3 Å². The first-order valence-corrected chi connectivity index (χ1v) is 26.6. The van der Waals surface area contributed by atoms with Crippen LogP contribution in [0.1, 0.15) is 99.1 Å². The molecule has 2 aromatic carbocycles. The number of fused-ring (bicyclic) bond motifs is 2. The minimum atomic E-state index is -5.75. The fourth-order valence-corrected chi connectivity index (χ4v) is 8.14. The minimum absolute atomic E-state index is 0.0784. The molecule has 88 heavy (non-hydrogen) atoms. The Labute approximate surface area is 495 Å². The SMILES string of the molecule is CC(C)C[C@H](NC(=O)[C@H](C)NC(=O)[C@H](CC(=O)O)NC(=O)CNCCNc1ccc(NCCNCC(=O)N[C@@H](CC(=O)O)C(=O)N[C@@H](C)C(=O)N[C@@H](CC(C)C)C(N)=O)c2c1C(=O)c1c(OC(=O)C(F)(F)F)ccc(OC(=O)C(F)(F)F)c1C2=O)C(N)=O. The van der Waals surface area contributed by atoms with E-state index in [9.17, 15) is 104 Å². The second-order valence-electron chi connectivity index (χ2n) is 20.4. The van der Waals surface area contributed by atoms with Crippen LogP contribution in [-0.2, 0) is 57.5 Å². The Balaban J connectivity index is 1.89. The number of aliphatic carboxylic acids is 2. The number of halogens is 6. The van der Waals surface area contributed by atoms with Gasteiger partial charge in [-0.15, -0.1) is 0 Å². The normalized spacial score (nSPS) is 14.0. The Kier molecular flexibility index (Phi) is 26.7. The highest BCUT2D eigenvalue weighted by atomic mass is 19.4. The van der Waals surface area contributed by atoms with Gasteiger partial charge in [-0.3, -0.25) is 57.5 Å². The topological polar surface area (TPSA) is 470 Å². The van der Waals surface area contributed by atoms with Gasteiger partial charge in [-0.25, -0.2) is 9.59 Å². The Morgan fingerprint density at radius 2 is 0.795 bits per heavy atom. The van der Waals surface area contributed by atoms with Crippen molar-refractivity contribution in [3.8, 4) is 11.5 Å². The zero-order chi connectivity index (χ0) is 66.7. The monoisotopic (exact) mass is 1260 g/mol. The second kappa shape index (κ2) is 32.3. The maximum Gasteiger partial charge on any atom is 0.491 e. The van der Waals surface area contributed by atoms with Gasteiger partial charge in [0.2, 0.25) is 58.8 Å². The average molecular weight is 1260 g/mol. The van der Waals surface area contributed by atoms with Gasteiger partial charge < -0.3 is 84.3 Å². The summed E-state index contributed by atoms with van der Waals surface area (Å²) < 4.78 is 89.8. The molecule has 6 atom stereocenters. The number of carbonyl (C=O) groups excluding carboxylic acids is 12. The zero-order valence-corrected chi connectivity index (χ0v) is 47.8. The molecule has 0 spiro atoms. The number of carboxylic acids is 2. The lowest BCUT2D eigenvalue weighted by molar-refractivity contribution is -0.190. The molecule has 36 heteroatoms. The Morgan fingerprint density at radius 1 is 0.466 bits per heavy atom. The Hall–Kier alpha value is -9.48. The molecule has 16 N–H and O–H groups in total. The third kappa shape index (κ3) is 22.1. The van der Waals surface area contributed by atoms with Crippen molar-refractivity contribution in [1.29, 1.82) is 0 Å². The molecule has 0 bridgehead atoms. The predicted octanol–water partition coefficient (Wildman–Crippen LogP) is -1.64. The number of ketones is 2. The van der Waals surface area contributed by atoms with Crippen molar-refractivity contribution in [1.82, 2.24) is 42.5 Å². The van der Waals surface area contributed by atoms with Gasteiger partial charge in [0.05, 0.1) is 48.2 Å². The first kappa shape index (κ1) is 72.8. The molecule has 0 saturated heterocycles. The van der Waals surface area contributed by atoms with Gasteiger partial charge in [-0.05, 0) is 62.8 Å². The summed E-state index contributed by atoms with van der Waals surface area (Å²) >= 11 is 0. The zero-order valence-electron chi connectivity index (χ0n) is 47.8. The highest BCUT2D eigenvalue weighted by molar-refractivity contribution is 6.33. The van der Waals surface area contributed by atoms with Crippen LogP contribution in [0.3, 0.4) is 0 Å².